The molecular weight excluding hydrogens is 300 g/mol. The summed E-state index contributed by atoms with van der Waals surface area (Å²) < 4.78 is 1.17. The summed E-state index contributed by atoms with van der Waals surface area (Å²) >= 11 is 3.56. The molecule has 1 aromatic rings. The summed E-state index contributed by atoms with van der Waals surface area (Å²) in [5.41, 5.74) is 8.77. The molecule has 0 bridgehead atoms. The molecule has 0 aromatic heterocycles. The lowest BCUT2D eigenvalue weighted by Crippen LogP contribution is -2.32. The van der Waals surface area contributed by atoms with E-state index in [0.29, 0.717) is 6.04 Å². The molecule has 0 aliphatic heterocycles. The van der Waals surface area contributed by atoms with Crippen molar-refractivity contribution < 1.29 is 0 Å². The molecule has 0 radical (unpaired) electrons. The Hall–Kier alpha value is -0.380. The number of nitrogens with two attached hydrogens (primary N) is 1. The summed E-state index contributed by atoms with van der Waals surface area (Å²) in [6.45, 7) is 4.42. The van der Waals surface area contributed by atoms with Crippen molar-refractivity contribution in [2.75, 3.05) is 13.6 Å². The van der Waals surface area contributed by atoms with Crippen LogP contribution in [0.5, 0.6) is 0 Å². The molecule has 0 atom stereocenters. The molecule has 3 heteroatoms. The van der Waals surface area contributed by atoms with E-state index in [0.717, 1.165) is 12.5 Å². The standard InChI is InChI=1S/C16H25BrN2/c1-12-3-6-15(17)9-14(12)11-19(2)10-13-4-7-16(18)8-5-13/h3,6,9,13,16H,4-5,7-8,10-11,18H2,1-2H3. The minimum atomic E-state index is 0.453. The number of hydrogen-bond acceptors (Lipinski definition) is 2. The van der Waals surface area contributed by atoms with Gasteiger partial charge >= 0.3 is 0 Å². The zero-order valence-electron chi connectivity index (χ0n) is 12.0. The van der Waals surface area contributed by atoms with Crippen LogP contribution < -0.4 is 5.73 Å². The molecule has 0 heterocycles. The summed E-state index contributed by atoms with van der Waals surface area (Å²) in [6.07, 6.45) is 4.99. The first-order valence-corrected chi connectivity index (χ1v) is 8.03. The van der Waals surface area contributed by atoms with Crippen LogP contribution in [0.15, 0.2) is 22.7 Å². The van der Waals surface area contributed by atoms with Gasteiger partial charge < -0.3 is 10.6 Å². The van der Waals surface area contributed by atoms with E-state index in [-0.39, 0.29) is 0 Å². The SMILES string of the molecule is Cc1ccc(Br)cc1CN(C)CC1CCC(N)CC1. The lowest BCUT2D eigenvalue weighted by atomic mass is 9.86. The van der Waals surface area contributed by atoms with Crippen molar-refractivity contribution in [3.8, 4) is 0 Å². The quantitative estimate of drug-likeness (QED) is 0.914. The molecule has 0 spiro atoms. The third kappa shape index (κ3) is 4.59. The van der Waals surface area contributed by atoms with E-state index in [2.05, 4.69) is 53.0 Å². The van der Waals surface area contributed by atoms with Crippen molar-refractivity contribution >= 4 is 15.9 Å². The fraction of sp³-hybridized carbons (Fsp3) is 0.625. The van der Waals surface area contributed by atoms with E-state index in [4.69, 9.17) is 5.73 Å². The van der Waals surface area contributed by atoms with Gasteiger partial charge in [0.2, 0.25) is 0 Å². The Morgan fingerprint density at radius 1 is 1.26 bits per heavy atom. The molecule has 1 aromatic carbocycles. The van der Waals surface area contributed by atoms with Gasteiger partial charge in [-0.15, -0.1) is 0 Å². The highest BCUT2D eigenvalue weighted by Crippen LogP contribution is 2.24. The maximum atomic E-state index is 5.97. The highest BCUT2D eigenvalue weighted by Gasteiger charge is 2.19. The van der Waals surface area contributed by atoms with Crippen molar-refractivity contribution in [1.82, 2.24) is 4.90 Å². The van der Waals surface area contributed by atoms with E-state index in [1.807, 2.05) is 0 Å². The van der Waals surface area contributed by atoms with Gasteiger partial charge in [-0.25, -0.2) is 0 Å². The monoisotopic (exact) mass is 324 g/mol. The van der Waals surface area contributed by atoms with Gasteiger partial charge in [-0.3, -0.25) is 0 Å². The van der Waals surface area contributed by atoms with Crippen LogP contribution in [0.1, 0.15) is 36.8 Å². The molecule has 19 heavy (non-hydrogen) atoms. The first-order chi connectivity index (χ1) is 9.04. The number of nitrogens with zero attached hydrogens (tertiary/aromatic N) is 1. The molecule has 2 nitrogen and oxygen atoms in total. The Labute approximate surface area is 125 Å². The minimum Gasteiger partial charge on any atom is -0.328 e. The average molecular weight is 325 g/mol. The Morgan fingerprint density at radius 3 is 2.63 bits per heavy atom. The molecule has 0 unspecified atom stereocenters. The first kappa shape index (κ1) is 15.0. The van der Waals surface area contributed by atoms with Gasteiger partial charge in [-0.05, 0) is 68.8 Å². The van der Waals surface area contributed by atoms with Crippen LogP contribution in [0.2, 0.25) is 0 Å². The topological polar surface area (TPSA) is 29.3 Å². The molecule has 2 rings (SSSR count). The van der Waals surface area contributed by atoms with E-state index in [1.165, 1.54) is 47.8 Å². The summed E-state index contributed by atoms with van der Waals surface area (Å²) in [5.74, 6) is 0.831. The summed E-state index contributed by atoms with van der Waals surface area (Å²) in [4.78, 5) is 2.45. The molecule has 1 aliphatic carbocycles. The average Bonchev–Trinajstić information content (AvgIpc) is 2.37. The van der Waals surface area contributed by atoms with Crippen LogP contribution in [0.3, 0.4) is 0 Å². The number of aryl methyl sites for hydroxylation is 1. The zero-order chi connectivity index (χ0) is 13.8. The number of hydrogen-bond donors (Lipinski definition) is 1. The molecule has 2 N–H and O–H groups in total. The lowest BCUT2D eigenvalue weighted by Gasteiger charge is -2.30. The molecule has 106 valence electrons. The normalized spacial score (nSPS) is 23.8. The van der Waals surface area contributed by atoms with Gasteiger partial charge in [0.1, 0.15) is 0 Å². The molecule has 0 saturated heterocycles. The van der Waals surface area contributed by atoms with Crippen LogP contribution in [-0.2, 0) is 6.54 Å². The van der Waals surface area contributed by atoms with Crippen molar-refractivity contribution in [2.24, 2.45) is 11.7 Å². The third-order valence-electron chi connectivity index (χ3n) is 4.21. The van der Waals surface area contributed by atoms with Gasteiger partial charge in [0.25, 0.3) is 0 Å². The van der Waals surface area contributed by atoms with Crippen LogP contribution in [0.4, 0.5) is 0 Å². The highest BCUT2D eigenvalue weighted by molar-refractivity contribution is 9.10. The van der Waals surface area contributed by atoms with Crippen molar-refractivity contribution in [3.05, 3.63) is 33.8 Å². The molecule has 1 saturated carbocycles. The Kier molecular flexibility index (Phi) is 5.43. The van der Waals surface area contributed by atoms with Gasteiger partial charge in [0.15, 0.2) is 0 Å². The Balaban J connectivity index is 1.87. The van der Waals surface area contributed by atoms with E-state index in [9.17, 15) is 0 Å². The predicted octanol–water partition coefficient (Wildman–Crippen LogP) is 3.71. The molecular formula is C16H25BrN2. The number of rotatable bonds is 4. The fourth-order valence-electron chi connectivity index (χ4n) is 2.98. The lowest BCUT2D eigenvalue weighted by molar-refractivity contribution is 0.219. The second kappa shape index (κ2) is 6.87. The van der Waals surface area contributed by atoms with E-state index in [1.54, 1.807) is 0 Å². The van der Waals surface area contributed by atoms with Crippen LogP contribution >= 0.6 is 15.9 Å². The van der Waals surface area contributed by atoms with Gasteiger partial charge in [0.05, 0.1) is 0 Å². The minimum absolute atomic E-state index is 0.453. The van der Waals surface area contributed by atoms with Gasteiger partial charge in [-0.2, -0.15) is 0 Å². The maximum Gasteiger partial charge on any atom is 0.0233 e. The van der Waals surface area contributed by atoms with Crippen LogP contribution in [-0.4, -0.2) is 24.5 Å². The highest BCUT2D eigenvalue weighted by atomic mass is 79.9. The Bertz CT molecular complexity index is 411. The van der Waals surface area contributed by atoms with Gasteiger partial charge in [-0.1, -0.05) is 22.0 Å². The third-order valence-corrected chi connectivity index (χ3v) is 4.71. The summed E-state index contributed by atoms with van der Waals surface area (Å²) in [7, 11) is 2.23. The van der Waals surface area contributed by atoms with Crippen LogP contribution in [0, 0.1) is 12.8 Å². The van der Waals surface area contributed by atoms with Crippen LogP contribution in [0.25, 0.3) is 0 Å². The second-order valence-corrected chi connectivity index (χ2v) is 6.96. The van der Waals surface area contributed by atoms with Crippen molar-refractivity contribution in [3.63, 3.8) is 0 Å². The fourth-order valence-corrected chi connectivity index (χ4v) is 3.39. The smallest absolute Gasteiger partial charge is 0.0233 e. The summed E-state index contributed by atoms with van der Waals surface area (Å²) in [5, 5.41) is 0. The molecule has 1 fully saturated rings. The molecule has 0 amide bonds. The second-order valence-electron chi connectivity index (χ2n) is 6.05. The van der Waals surface area contributed by atoms with E-state index >= 15 is 0 Å². The van der Waals surface area contributed by atoms with Crippen molar-refractivity contribution in [1.29, 1.82) is 0 Å². The Morgan fingerprint density at radius 2 is 1.95 bits per heavy atom. The zero-order valence-corrected chi connectivity index (χ0v) is 13.6. The number of benzene rings is 1. The van der Waals surface area contributed by atoms with Gasteiger partial charge in [0, 0.05) is 23.6 Å². The predicted molar refractivity (Wildman–Crippen MR) is 85.1 cm³/mol. The maximum absolute atomic E-state index is 5.97. The van der Waals surface area contributed by atoms with E-state index < -0.39 is 0 Å². The number of halogens is 1. The van der Waals surface area contributed by atoms with Crippen molar-refractivity contribution in [2.45, 2.75) is 45.2 Å². The first-order valence-electron chi connectivity index (χ1n) is 7.23. The molecule has 1 aliphatic rings. The summed E-state index contributed by atoms with van der Waals surface area (Å²) in [6, 6.07) is 6.99. The largest absolute Gasteiger partial charge is 0.328 e.